The summed E-state index contributed by atoms with van der Waals surface area (Å²) in [6.45, 7) is 2.72. The molecule has 0 aliphatic carbocycles. The van der Waals surface area contributed by atoms with Crippen molar-refractivity contribution >= 4 is 11.9 Å². The molecule has 0 spiro atoms. The van der Waals surface area contributed by atoms with Crippen molar-refractivity contribution < 1.29 is 19.4 Å². The van der Waals surface area contributed by atoms with Crippen LogP contribution in [0.2, 0.25) is 0 Å². The van der Waals surface area contributed by atoms with Crippen LogP contribution in [-0.4, -0.2) is 29.1 Å². The molecule has 3 aromatic rings. The molecule has 0 fully saturated rings. The highest BCUT2D eigenvalue weighted by atomic mass is 16.5. The Kier molecular flexibility index (Phi) is 8.79. The van der Waals surface area contributed by atoms with Gasteiger partial charge in [0.05, 0.1) is 13.0 Å². The van der Waals surface area contributed by atoms with E-state index in [1.807, 2.05) is 66.7 Å². The number of hydrogen-bond acceptors (Lipinski definition) is 4. The van der Waals surface area contributed by atoms with Crippen molar-refractivity contribution in [1.29, 1.82) is 0 Å². The summed E-state index contributed by atoms with van der Waals surface area (Å²) in [6, 6.07) is 29.7. The lowest BCUT2D eigenvalue weighted by Gasteiger charge is -2.40. The normalized spacial score (nSPS) is 13.8. The predicted octanol–water partition coefficient (Wildman–Crippen LogP) is 5.65. The SMILES string of the molecule is COC(=O)[C@H](CCC(=O)O)C(c1ccccc1)N(Cc1ccccc1)C(C)c1ccccc1. The van der Waals surface area contributed by atoms with Gasteiger partial charge in [0.2, 0.25) is 0 Å². The number of ether oxygens (including phenoxy) is 1. The Labute approximate surface area is 195 Å². The van der Waals surface area contributed by atoms with Crippen LogP contribution in [0.5, 0.6) is 0 Å². The number of benzene rings is 3. The van der Waals surface area contributed by atoms with Gasteiger partial charge in [0, 0.05) is 25.0 Å². The lowest BCUT2D eigenvalue weighted by Crippen LogP contribution is -2.39. The first-order valence-corrected chi connectivity index (χ1v) is 11.2. The molecule has 0 amide bonds. The van der Waals surface area contributed by atoms with Gasteiger partial charge in [-0.1, -0.05) is 91.0 Å². The minimum absolute atomic E-state index is 0.0337. The average Bonchev–Trinajstić information content (AvgIpc) is 2.86. The van der Waals surface area contributed by atoms with Crippen LogP contribution in [0.1, 0.15) is 48.5 Å². The monoisotopic (exact) mass is 445 g/mol. The summed E-state index contributed by atoms with van der Waals surface area (Å²) in [7, 11) is 1.36. The number of methoxy groups -OCH3 is 1. The lowest BCUT2D eigenvalue weighted by atomic mass is 9.86. The molecule has 0 radical (unpaired) electrons. The summed E-state index contributed by atoms with van der Waals surface area (Å²) in [5.41, 5.74) is 3.19. The summed E-state index contributed by atoms with van der Waals surface area (Å²) in [4.78, 5) is 26.7. The number of carboxylic acids is 1. The number of aliphatic carboxylic acids is 1. The molecular weight excluding hydrogens is 414 g/mol. The van der Waals surface area contributed by atoms with Gasteiger partial charge in [0.25, 0.3) is 0 Å². The molecule has 0 aliphatic heterocycles. The fourth-order valence-corrected chi connectivity index (χ4v) is 4.33. The van der Waals surface area contributed by atoms with Crippen LogP contribution in [0.3, 0.4) is 0 Å². The smallest absolute Gasteiger partial charge is 0.310 e. The Morgan fingerprint density at radius 2 is 1.36 bits per heavy atom. The molecule has 3 rings (SSSR count). The third-order valence-electron chi connectivity index (χ3n) is 6.04. The summed E-state index contributed by atoms with van der Waals surface area (Å²) < 4.78 is 5.17. The van der Waals surface area contributed by atoms with Crippen LogP contribution in [-0.2, 0) is 20.9 Å². The summed E-state index contributed by atoms with van der Waals surface area (Å²) in [5, 5.41) is 9.36. The molecule has 3 aromatic carbocycles. The van der Waals surface area contributed by atoms with E-state index >= 15 is 0 Å². The maximum atomic E-state index is 13.0. The van der Waals surface area contributed by atoms with Crippen molar-refractivity contribution in [3.05, 3.63) is 108 Å². The molecule has 0 bridgehead atoms. The molecule has 0 heterocycles. The second-order valence-corrected chi connectivity index (χ2v) is 8.16. The van der Waals surface area contributed by atoms with E-state index in [-0.39, 0.29) is 24.9 Å². The van der Waals surface area contributed by atoms with Gasteiger partial charge in [-0.2, -0.15) is 0 Å². The van der Waals surface area contributed by atoms with Gasteiger partial charge in [-0.25, -0.2) is 0 Å². The number of carbonyl (C=O) groups is 2. The van der Waals surface area contributed by atoms with Crippen molar-refractivity contribution in [2.24, 2.45) is 5.92 Å². The number of carbonyl (C=O) groups excluding carboxylic acids is 1. The Bertz CT molecular complexity index is 1010. The van der Waals surface area contributed by atoms with Crippen molar-refractivity contribution in [1.82, 2.24) is 4.90 Å². The van der Waals surface area contributed by atoms with E-state index in [1.54, 1.807) is 0 Å². The Morgan fingerprint density at radius 3 is 1.88 bits per heavy atom. The van der Waals surface area contributed by atoms with E-state index in [1.165, 1.54) is 7.11 Å². The van der Waals surface area contributed by atoms with E-state index < -0.39 is 17.9 Å². The molecule has 5 nitrogen and oxygen atoms in total. The largest absolute Gasteiger partial charge is 0.481 e. The first-order valence-electron chi connectivity index (χ1n) is 11.2. The van der Waals surface area contributed by atoms with Crippen molar-refractivity contribution in [3.8, 4) is 0 Å². The zero-order valence-electron chi connectivity index (χ0n) is 19.1. The van der Waals surface area contributed by atoms with Crippen LogP contribution >= 0.6 is 0 Å². The standard InChI is InChI=1S/C28H31NO4/c1-21(23-14-8-4-9-15-23)29(20-22-12-6-3-7-13-22)27(24-16-10-5-11-17-24)25(28(32)33-2)18-19-26(30)31/h3-17,21,25,27H,18-20H2,1-2H3,(H,30,31)/t21?,25-,27?/m1/s1. The minimum atomic E-state index is -0.929. The summed E-state index contributed by atoms with van der Waals surface area (Å²) in [6.07, 6.45) is 0.0797. The molecule has 0 saturated heterocycles. The first kappa shape index (κ1) is 24.2. The maximum Gasteiger partial charge on any atom is 0.310 e. The van der Waals surface area contributed by atoms with Gasteiger partial charge >= 0.3 is 11.9 Å². The lowest BCUT2D eigenvalue weighted by molar-refractivity contribution is -0.150. The predicted molar refractivity (Wildman–Crippen MR) is 128 cm³/mol. The summed E-state index contributed by atoms with van der Waals surface area (Å²) in [5.74, 6) is -1.96. The van der Waals surface area contributed by atoms with Gasteiger partial charge in [0.15, 0.2) is 0 Å². The van der Waals surface area contributed by atoms with Crippen LogP contribution < -0.4 is 0 Å². The molecule has 0 aromatic heterocycles. The number of esters is 1. The fraction of sp³-hybridized carbons (Fsp3) is 0.286. The molecular formula is C28H31NO4. The highest BCUT2D eigenvalue weighted by Gasteiger charge is 2.37. The van der Waals surface area contributed by atoms with Gasteiger partial charge < -0.3 is 9.84 Å². The Balaban J connectivity index is 2.12. The quantitative estimate of drug-likeness (QED) is 0.387. The van der Waals surface area contributed by atoms with Crippen molar-refractivity contribution in [2.45, 2.75) is 38.4 Å². The van der Waals surface area contributed by atoms with Gasteiger partial charge in [-0.3, -0.25) is 14.5 Å². The third kappa shape index (κ3) is 6.53. The van der Waals surface area contributed by atoms with E-state index in [9.17, 15) is 14.7 Å². The highest BCUT2D eigenvalue weighted by Crippen LogP contribution is 2.39. The third-order valence-corrected chi connectivity index (χ3v) is 6.04. The Morgan fingerprint density at radius 1 is 0.848 bits per heavy atom. The van der Waals surface area contributed by atoms with E-state index in [0.717, 1.165) is 16.7 Å². The average molecular weight is 446 g/mol. The number of carboxylic acid groups (broad SMARTS) is 1. The van der Waals surface area contributed by atoms with Crippen LogP contribution in [0.15, 0.2) is 91.0 Å². The topological polar surface area (TPSA) is 66.8 Å². The van der Waals surface area contributed by atoms with E-state index in [4.69, 9.17) is 4.74 Å². The Hall–Kier alpha value is -3.44. The fourth-order valence-electron chi connectivity index (χ4n) is 4.33. The zero-order chi connectivity index (χ0) is 23.6. The van der Waals surface area contributed by atoms with Crippen molar-refractivity contribution in [3.63, 3.8) is 0 Å². The maximum absolute atomic E-state index is 13.0. The number of hydrogen-bond donors (Lipinski definition) is 1. The van der Waals surface area contributed by atoms with Crippen LogP contribution in [0, 0.1) is 5.92 Å². The highest BCUT2D eigenvalue weighted by molar-refractivity contribution is 5.75. The van der Waals surface area contributed by atoms with Gasteiger partial charge in [-0.05, 0) is 30.0 Å². The molecule has 3 atom stereocenters. The van der Waals surface area contributed by atoms with Crippen molar-refractivity contribution in [2.75, 3.05) is 7.11 Å². The van der Waals surface area contributed by atoms with Gasteiger partial charge in [0.1, 0.15) is 0 Å². The number of nitrogens with zero attached hydrogens (tertiary/aromatic N) is 1. The summed E-state index contributed by atoms with van der Waals surface area (Å²) >= 11 is 0. The molecule has 2 unspecified atom stereocenters. The van der Waals surface area contributed by atoms with E-state index in [2.05, 4.69) is 36.1 Å². The molecule has 33 heavy (non-hydrogen) atoms. The molecule has 0 saturated carbocycles. The first-order chi connectivity index (χ1) is 16.0. The second kappa shape index (κ2) is 12.0. The zero-order valence-corrected chi connectivity index (χ0v) is 19.1. The molecule has 1 N–H and O–H groups in total. The molecule has 172 valence electrons. The van der Waals surface area contributed by atoms with Crippen LogP contribution in [0.25, 0.3) is 0 Å². The van der Waals surface area contributed by atoms with Crippen LogP contribution in [0.4, 0.5) is 0 Å². The number of rotatable bonds is 11. The van der Waals surface area contributed by atoms with Gasteiger partial charge in [-0.15, -0.1) is 0 Å². The van der Waals surface area contributed by atoms with E-state index in [0.29, 0.717) is 6.54 Å². The minimum Gasteiger partial charge on any atom is -0.481 e. The second-order valence-electron chi connectivity index (χ2n) is 8.16. The molecule has 0 aliphatic rings. The molecule has 5 heteroatoms.